The van der Waals surface area contributed by atoms with E-state index in [9.17, 15) is 28.1 Å². The van der Waals surface area contributed by atoms with Gasteiger partial charge < -0.3 is 10.2 Å². The van der Waals surface area contributed by atoms with E-state index >= 15 is 0 Å². The maximum Gasteiger partial charge on any atom is 0.271 e. The normalized spacial score (nSPS) is 12.9. The summed E-state index contributed by atoms with van der Waals surface area (Å²) in [5, 5.41) is 14.3. The van der Waals surface area contributed by atoms with Crippen LogP contribution in [0.4, 0.5) is 11.4 Å². The first-order valence-corrected chi connectivity index (χ1v) is 14.0. The lowest BCUT2D eigenvalue weighted by Crippen LogP contribution is -2.53. The Balaban J connectivity index is 2.54. The van der Waals surface area contributed by atoms with E-state index in [0.717, 1.165) is 27.8 Å². The van der Waals surface area contributed by atoms with Crippen molar-refractivity contribution in [2.45, 2.75) is 66.1 Å². The Morgan fingerprint density at radius 1 is 1.05 bits per heavy atom. The molecule has 2 amide bonds. The molecule has 202 valence electrons. The second-order valence-corrected chi connectivity index (χ2v) is 11.1. The molecule has 0 aromatic heterocycles. The molecule has 0 aliphatic heterocycles. The molecule has 11 heteroatoms. The number of benzene rings is 2. The standard InChI is InChI=1S/C26H36N4O6S/c1-7-20(5)27-26(32)23(8-2)28(16-21-12-10-9-11-18(21)3)25(31)17-29(37(6,35)36)24-15-22(30(33)34)14-13-19(24)4/h9-15,20,23H,7-8,16-17H2,1-6H3,(H,27,32)/t20-,23-/m0/s1. The Kier molecular flexibility index (Phi) is 10.2. The number of nitrogens with one attached hydrogen (secondary N) is 1. The molecule has 2 atom stereocenters. The second kappa shape index (κ2) is 12.7. The van der Waals surface area contributed by atoms with Crippen molar-refractivity contribution in [1.29, 1.82) is 0 Å². The first kappa shape index (κ1) is 29.8. The molecule has 0 unspecified atom stereocenters. The quantitative estimate of drug-likeness (QED) is 0.328. The molecule has 10 nitrogen and oxygen atoms in total. The van der Waals surface area contributed by atoms with Gasteiger partial charge in [0.15, 0.2) is 0 Å². The number of rotatable bonds is 12. The number of hydrogen-bond acceptors (Lipinski definition) is 6. The van der Waals surface area contributed by atoms with Gasteiger partial charge in [-0.25, -0.2) is 8.42 Å². The Labute approximate surface area is 218 Å². The highest BCUT2D eigenvalue weighted by Crippen LogP contribution is 2.28. The van der Waals surface area contributed by atoms with Crippen LogP contribution in [-0.4, -0.2) is 54.9 Å². The molecule has 37 heavy (non-hydrogen) atoms. The molecule has 0 heterocycles. The van der Waals surface area contributed by atoms with Crippen molar-refractivity contribution in [2.75, 3.05) is 17.1 Å². The molecule has 0 aliphatic rings. The molecule has 0 bridgehead atoms. The minimum atomic E-state index is -4.01. The summed E-state index contributed by atoms with van der Waals surface area (Å²) in [6.45, 7) is 8.60. The van der Waals surface area contributed by atoms with Crippen molar-refractivity contribution >= 4 is 33.2 Å². The van der Waals surface area contributed by atoms with Crippen LogP contribution in [0.2, 0.25) is 0 Å². The highest BCUT2D eigenvalue weighted by atomic mass is 32.2. The predicted octanol–water partition coefficient (Wildman–Crippen LogP) is 3.70. The van der Waals surface area contributed by atoms with Gasteiger partial charge in [0.2, 0.25) is 21.8 Å². The Hall–Kier alpha value is -3.47. The average molecular weight is 533 g/mol. The largest absolute Gasteiger partial charge is 0.352 e. The molecule has 0 saturated carbocycles. The Bertz CT molecular complexity index is 1250. The number of carbonyl (C=O) groups excluding carboxylic acids is 2. The number of nitro benzene ring substituents is 1. The lowest BCUT2D eigenvalue weighted by molar-refractivity contribution is -0.384. The van der Waals surface area contributed by atoms with E-state index in [1.807, 2.05) is 45.0 Å². The van der Waals surface area contributed by atoms with Crippen LogP contribution in [-0.2, 0) is 26.2 Å². The number of aryl methyl sites for hydroxylation is 2. The van der Waals surface area contributed by atoms with Gasteiger partial charge in [-0.15, -0.1) is 0 Å². The summed E-state index contributed by atoms with van der Waals surface area (Å²) in [4.78, 5) is 39.1. The first-order valence-electron chi connectivity index (χ1n) is 12.2. The summed E-state index contributed by atoms with van der Waals surface area (Å²) in [5.74, 6) is -0.915. The topological polar surface area (TPSA) is 130 Å². The lowest BCUT2D eigenvalue weighted by Gasteiger charge is -2.34. The minimum Gasteiger partial charge on any atom is -0.352 e. The summed E-state index contributed by atoms with van der Waals surface area (Å²) >= 11 is 0. The highest BCUT2D eigenvalue weighted by Gasteiger charge is 2.33. The summed E-state index contributed by atoms with van der Waals surface area (Å²) in [7, 11) is -4.01. The smallest absolute Gasteiger partial charge is 0.271 e. The molecule has 0 aliphatic carbocycles. The van der Waals surface area contributed by atoms with Crippen molar-refractivity contribution in [1.82, 2.24) is 10.2 Å². The molecule has 0 fully saturated rings. The molecule has 0 radical (unpaired) electrons. The van der Waals surface area contributed by atoms with E-state index in [4.69, 9.17) is 0 Å². The summed E-state index contributed by atoms with van der Waals surface area (Å²) < 4.78 is 26.5. The highest BCUT2D eigenvalue weighted by molar-refractivity contribution is 7.92. The fraction of sp³-hybridized carbons (Fsp3) is 0.462. The van der Waals surface area contributed by atoms with E-state index in [2.05, 4.69) is 5.32 Å². The molecule has 1 N–H and O–H groups in total. The van der Waals surface area contributed by atoms with E-state index in [0.29, 0.717) is 18.4 Å². The van der Waals surface area contributed by atoms with Crippen LogP contribution in [0.5, 0.6) is 0 Å². The number of carbonyl (C=O) groups is 2. The molecule has 2 aromatic carbocycles. The van der Waals surface area contributed by atoms with Crippen LogP contribution in [0.3, 0.4) is 0 Å². The molecular weight excluding hydrogens is 496 g/mol. The van der Waals surface area contributed by atoms with Gasteiger partial charge in [0, 0.05) is 24.7 Å². The number of non-ortho nitro benzene ring substituents is 1. The molecule has 0 saturated heterocycles. The van der Waals surface area contributed by atoms with Crippen LogP contribution < -0.4 is 9.62 Å². The summed E-state index contributed by atoms with van der Waals surface area (Å²) in [5.41, 5.74) is 1.95. The Morgan fingerprint density at radius 3 is 2.24 bits per heavy atom. The minimum absolute atomic E-state index is 0.0398. The van der Waals surface area contributed by atoms with Crippen molar-refractivity contribution in [3.05, 3.63) is 69.3 Å². The van der Waals surface area contributed by atoms with Crippen molar-refractivity contribution in [2.24, 2.45) is 0 Å². The number of hydrogen-bond donors (Lipinski definition) is 1. The van der Waals surface area contributed by atoms with E-state index < -0.39 is 33.4 Å². The van der Waals surface area contributed by atoms with Crippen molar-refractivity contribution in [3.8, 4) is 0 Å². The second-order valence-electron chi connectivity index (χ2n) is 9.19. The van der Waals surface area contributed by atoms with Gasteiger partial charge in [0.05, 0.1) is 16.9 Å². The molecule has 2 aromatic rings. The Morgan fingerprint density at radius 2 is 1.70 bits per heavy atom. The van der Waals surface area contributed by atoms with Crippen LogP contribution in [0, 0.1) is 24.0 Å². The number of amides is 2. The number of nitro groups is 1. The zero-order valence-corrected chi connectivity index (χ0v) is 23.0. The van der Waals surface area contributed by atoms with E-state index in [1.54, 1.807) is 13.8 Å². The van der Waals surface area contributed by atoms with E-state index in [1.165, 1.54) is 17.0 Å². The zero-order valence-electron chi connectivity index (χ0n) is 22.2. The number of sulfonamides is 1. The van der Waals surface area contributed by atoms with Gasteiger partial charge in [0.1, 0.15) is 12.6 Å². The fourth-order valence-corrected chi connectivity index (χ4v) is 4.81. The maximum atomic E-state index is 13.8. The average Bonchev–Trinajstić information content (AvgIpc) is 2.82. The monoisotopic (exact) mass is 532 g/mol. The SMILES string of the molecule is CC[C@H](C)NC(=O)[C@H](CC)N(Cc1ccccc1C)C(=O)CN(c1cc([N+](=O)[O-])ccc1C)S(C)(=O)=O. The van der Waals surface area contributed by atoms with Gasteiger partial charge in [-0.2, -0.15) is 0 Å². The van der Waals surface area contributed by atoms with Gasteiger partial charge >= 0.3 is 0 Å². The first-order chi connectivity index (χ1) is 17.3. The van der Waals surface area contributed by atoms with Gasteiger partial charge in [-0.05, 0) is 50.3 Å². The maximum absolute atomic E-state index is 13.8. The summed E-state index contributed by atoms with van der Waals surface area (Å²) in [6.07, 6.45) is 1.97. The third-order valence-corrected chi connectivity index (χ3v) is 7.47. The van der Waals surface area contributed by atoms with Gasteiger partial charge in [-0.3, -0.25) is 24.0 Å². The summed E-state index contributed by atoms with van der Waals surface area (Å²) in [6, 6.07) is 10.4. The number of anilines is 1. The van der Waals surface area contributed by atoms with Crippen LogP contribution in [0.1, 0.15) is 50.3 Å². The van der Waals surface area contributed by atoms with Crippen molar-refractivity contribution in [3.63, 3.8) is 0 Å². The lowest BCUT2D eigenvalue weighted by atomic mass is 10.1. The third-order valence-electron chi connectivity index (χ3n) is 6.34. The van der Waals surface area contributed by atoms with Crippen molar-refractivity contribution < 1.29 is 22.9 Å². The zero-order chi connectivity index (χ0) is 27.9. The van der Waals surface area contributed by atoms with Gasteiger partial charge in [0.25, 0.3) is 5.69 Å². The molecule has 2 rings (SSSR count). The predicted molar refractivity (Wildman–Crippen MR) is 144 cm³/mol. The van der Waals surface area contributed by atoms with E-state index in [-0.39, 0.29) is 29.9 Å². The van der Waals surface area contributed by atoms with Crippen LogP contribution in [0.25, 0.3) is 0 Å². The molecular formula is C26H36N4O6S. The van der Waals surface area contributed by atoms with Crippen LogP contribution >= 0.6 is 0 Å². The molecule has 0 spiro atoms. The fourth-order valence-electron chi connectivity index (χ4n) is 3.91. The number of nitrogens with zero attached hydrogens (tertiary/aromatic N) is 3. The van der Waals surface area contributed by atoms with Gasteiger partial charge in [-0.1, -0.05) is 44.2 Å². The van der Waals surface area contributed by atoms with Crippen LogP contribution in [0.15, 0.2) is 42.5 Å². The third kappa shape index (κ3) is 7.75.